The second kappa shape index (κ2) is 7.90. The van der Waals surface area contributed by atoms with Crippen LogP contribution in [0.3, 0.4) is 0 Å². The van der Waals surface area contributed by atoms with Crippen molar-refractivity contribution in [1.82, 2.24) is 14.8 Å². The summed E-state index contributed by atoms with van der Waals surface area (Å²) < 4.78 is 51.4. The van der Waals surface area contributed by atoms with E-state index < -0.39 is 11.7 Å². The van der Waals surface area contributed by atoms with Gasteiger partial charge in [0.2, 0.25) is 5.95 Å². The Balaban J connectivity index is 1.44. The van der Waals surface area contributed by atoms with Crippen LogP contribution in [0, 0.1) is 0 Å². The first-order valence-electron chi connectivity index (χ1n) is 9.36. The highest BCUT2D eigenvalue weighted by Gasteiger charge is 2.31. The number of benzene rings is 1. The van der Waals surface area contributed by atoms with Gasteiger partial charge in [-0.2, -0.15) is 13.2 Å². The number of nitrogens with zero attached hydrogens (tertiary/aromatic N) is 4. The van der Waals surface area contributed by atoms with E-state index in [1.165, 1.54) is 12.1 Å². The van der Waals surface area contributed by atoms with Crippen LogP contribution in [-0.4, -0.2) is 34.5 Å². The highest BCUT2D eigenvalue weighted by molar-refractivity contribution is 5.34. The number of hydrogen-bond donors (Lipinski definition) is 0. The first kappa shape index (κ1) is 19.5. The molecular weight excluding hydrogens is 385 g/mol. The van der Waals surface area contributed by atoms with Gasteiger partial charge in [-0.3, -0.25) is 0 Å². The molecule has 29 heavy (non-hydrogen) atoms. The van der Waals surface area contributed by atoms with Gasteiger partial charge in [0.05, 0.1) is 25.0 Å². The van der Waals surface area contributed by atoms with E-state index in [0.29, 0.717) is 31.7 Å². The Hall–Kier alpha value is -2.81. The zero-order valence-electron chi connectivity index (χ0n) is 15.9. The number of aryl methyl sites for hydroxylation is 2. The van der Waals surface area contributed by atoms with Crippen molar-refractivity contribution >= 4 is 5.95 Å². The number of alkyl halides is 3. The summed E-state index contributed by atoms with van der Waals surface area (Å²) in [6.07, 6.45) is -1.59. The number of rotatable bonds is 5. The molecule has 0 saturated carbocycles. The number of morpholine rings is 1. The number of aromatic nitrogens is 3. The van der Waals surface area contributed by atoms with Crippen LogP contribution in [0.25, 0.3) is 0 Å². The number of ether oxygens (including phenoxy) is 1. The number of hydrogen-bond acceptors (Lipinski definition) is 5. The molecule has 2 aromatic heterocycles. The molecule has 1 fully saturated rings. The quantitative estimate of drug-likeness (QED) is 0.645. The average molecular weight is 406 g/mol. The van der Waals surface area contributed by atoms with Crippen LogP contribution in [0.15, 0.2) is 47.1 Å². The number of anilines is 1. The van der Waals surface area contributed by atoms with Gasteiger partial charge in [-0.05, 0) is 29.8 Å². The maximum absolute atomic E-state index is 12.8. The summed E-state index contributed by atoms with van der Waals surface area (Å²) in [5.41, 5.74) is 0.0475. The van der Waals surface area contributed by atoms with Gasteiger partial charge in [0, 0.05) is 26.4 Å². The van der Waals surface area contributed by atoms with Crippen molar-refractivity contribution in [1.29, 1.82) is 0 Å². The van der Waals surface area contributed by atoms with E-state index >= 15 is 0 Å². The standard InChI is InChI=1S/C20H21F3N4O2/c1-26-18(9-8-16-3-2-11-28-16)24-25-19(26)27-10-12-29-17(13-27)14-4-6-15(7-5-14)20(21,22)23/h2-7,11,17H,8-10,12-13H2,1H3. The minimum absolute atomic E-state index is 0.325. The molecule has 3 heterocycles. The van der Waals surface area contributed by atoms with Gasteiger partial charge in [0.25, 0.3) is 0 Å². The monoisotopic (exact) mass is 406 g/mol. The fourth-order valence-electron chi connectivity index (χ4n) is 3.45. The van der Waals surface area contributed by atoms with E-state index in [1.54, 1.807) is 6.26 Å². The lowest BCUT2D eigenvalue weighted by atomic mass is 10.1. The van der Waals surface area contributed by atoms with Gasteiger partial charge >= 0.3 is 6.18 Å². The molecule has 1 aliphatic heterocycles. The largest absolute Gasteiger partial charge is 0.469 e. The van der Waals surface area contributed by atoms with Crippen molar-refractivity contribution in [3.8, 4) is 0 Å². The number of halogens is 3. The Bertz CT molecular complexity index is 936. The van der Waals surface area contributed by atoms with Crippen LogP contribution in [0.4, 0.5) is 19.1 Å². The van der Waals surface area contributed by atoms with Crippen molar-refractivity contribution in [2.75, 3.05) is 24.6 Å². The van der Waals surface area contributed by atoms with E-state index in [1.807, 2.05) is 23.7 Å². The molecular formula is C20H21F3N4O2. The van der Waals surface area contributed by atoms with E-state index in [-0.39, 0.29) is 6.10 Å². The molecule has 0 bridgehead atoms. The molecule has 1 aliphatic rings. The maximum Gasteiger partial charge on any atom is 0.416 e. The topological polar surface area (TPSA) is 56.3 Å². The molecule has 1 saturated heterocycles. The molecule has 1 atom stereocenters. The lowest BCUT2D eigenvalue weighted by molar-refractivity contribution is -0.137. The summed E-state index contributed by atoms with van der Waals surface area (Å²) in [4.78, 5) is 2.05. The molecule has 0 amide bonds. The molecule has 0 aliphatic carbocycles. The molecule has 1 unspecified atom stereocenters. The summed E-state index contributed by atoms with van der Waals surface area (Å²) >= 11 is 0. The third-order valence-electron chi connectivity index (χ3n) is 5.08. The van der Waals surface area contributed by atoms with Gasteiger partial charge in [-0.25, -0.2) is 0 Å². The Kier molecular flexibility index (Phi) is 5.31. The molecule has 0 N–H and O–H groups in total. The van der Waals surface area contributed by atoms with Crippen molar-refractivity contribution in [3.05, 3.63) is 65.4 Å². The second-order valence-electron chi connectivity index (χ2n) is 6.98. The molecule has 9 heteroatoms. The summed E-state index contributed by atoms with van der Waals surface area (Å²) in [5, 5.41) is 8.61. The van der Waals surface area contributed by atoms with Crippen LogP contribution in [0.5, 0.6) is 0 Å². The molecule has 4 rings (SSSR count). The lowest BCUT2D eigenvalue weighted by Crippen LogP contribution is -2.39. The summed E-state index contributed by atoms with van der Waals surface area (Å²) in [7, 11) is 1.91. The highest BCUT2D eigenvalue weighted by atomic mass is 19.4. The van der Waals surface area contributed by atoms with Crippen LogP contribution in [-0.2, 0) is 30.8 Å². The minimum atomic E-state index is -4.34. The summed E-state index contributed by atoms with van der Waals surface area (Å²) in [6, 6.07) is 8.91. The second-order valence-corrected chi connectivity index (χ2v) is 6.98. The van der Waals surface area contributed by atoms with Gasteiger partial charge in [0.1, 0.15) is 17.7 Å². The van der Waals surface area contributed by atoms with Gasteiger partial charge in [-0.1, -0.05) is 12.1 Å². The fraction of sp³-hybridized carbons (Fsp3) is 0.400. The normalized spacial score (nSPS) is 17.7. The zero-order valence-corrected chi connectivity index (χ0v) is 15.9. The molecule has 3 aromatic rings. The summed E-state index contributed by atoms with van der Waals surface area (Å²) in [6.45, 7) is 1.59. The first-order chi connectivity index (χ1) is 13.9. The van der Waals surface area contributed by atoms with Gasteiger partial charge in [-0.15, -0.1) is 10.2 Å². The maximum atomic E-state index is 12.8. The average Bonchev–Trinajstić information content (AvgIpc) is 3.36. The zero-order chi connectivity index (χ0) is 20.4. The van der Waals surface area contributed by atoms with Gasteiger partial charge < -0.3 is 18.6 Å². The van der Waals surface area contributed by atoms with Crippen molar-refractivity contribution in [3.63, 3.8) is 0 Å². The minimum Gasteiger partial charge on any atom is -0.469 e. The highest BCUT2D eigenvalue weighted by Crippen LogP contribution is 2.31. The van der Waals surface area contributed by atoms with E-state index in [2.05, 4.69) is 15.1 Å². The van der Waals surface area contributed by atoms with E-state index in [4.69, 9.17) is 9.15 Å². The Labute approximate surface area is 165 Å². The fourth-order valence-corrected chi connectivity index (χ4v) is 3.45. The first-order valence-corrected chi connectivity index (χ1v) is 9.36. The van der Waals surface area contributed by atoms with E-state index in [0.717, 1.165) is 36.1 Å². The Morgan fingerprint density at radius 2 is 1.90 bits per heavy atom. The third kappa shape index (κ3) is 4.29. The van der Waals surface area contributed by atoms with Crippen molar-refractivity contribution in [2.24, 2.45) is 7.05 Å². The SMILES string of the molecule is Cn1c(CCc2ccco2)nnc1N1CCOC(c2ccc(C(F)(F)F)cc2)C1. The molecule has 0 radical (unpaired) electrons. The predicted octanol–water partition coefficient (Wildman–Crippen LogP) is 3.79. The predicted molar refractivity (Wildman–Crippen MR) is 99.5 cm³/mol. The molecule has 6 nitrogen and oxygen atoms in total. The summed E-state index contributed by atoms with van der Waals surface area (Å²) in [5.74, 6) is 2.46. The third-order valence-corrected chi connectivity index (χ3v) is 5.08. The molecule has 0 spiro atoms. The smallest absolute Gasteiger partial charge is 0.416 e. The van der Waals surface area contributed by atoms with Crippen LogP contribution in [0.2, 0.25) is 0 Å². The Morgan fingerprint density at radius 1 is 1.10 bits per heavy atom. The van der Waals surface area contributed by atoms with E-state index in [9.17, 15) is 13.2 Å². The van der Waals surface area contributed by atoms with Crippen molar-refractivity contribution in [2.45, 2.75) is 25.1 Å². The van der Waals surface area contributed by atoms with Crippen LogP contribution >= 0.6 is 0 Å². The lowest BCUT2D eigenvalue weighted by Gasteiger charge is -2.33. The van der Waals surface area contributed by atoms with Crippen molar-refractivity contribution < 1.29 is 22.3 Å². The molecule has 154 valence electrons. The number of furan rings is 1. The van der Waals surface area contributed by atoms with Gasteiger partial charge in [0.15, 0.2) is 0 Å². The van der Waals surface area contributed by atoms with Crippen LogP contribution in [0.1, 0.15) is 28.8 Å². The Morgan fingerprint density at radius 3 is 2.59 bits per heavy atom. The molecule has 1 aromatic carbocycles. The van der Waals surface area contributed by atoms with Crippen LogP contribution < -0.4 is 4.90 Å².